The lowest BCUT2D eigenvalue weighted by Crippen LogP contribution is -2.37. The summed E-state index contributed by atoms with van der Waals surface area (Å²) in [5.74, 6) is -0.732. The van der Waals surface area contributed by atoms with Gasteiger partial charge in [0.1, 0.15) is 5.82 Å². The van der Waals surface area contributed by atoms with Crippen LogP contribution in [0.15, 0.2) is 47.4 Å². The summed E-state index contributed by atoms with van der Waals surface area (Å²) in [7, 11) is -3.74. The summed E-state index contributed by atoms with van der Waals surface area (Å²) in [6, 6.07) is 11.1. The summed E-state index contributed by atoms with van der Waals surface area (Å²) < 4.78 is 39.7. The standard InChI is InChI=1S/C18H21FN2O3S/c1-13-3-4-14(2)17(11-13)25(23,24)21-12-18(22)20-10-9-15-5-7-16(19)8-6-15/h3-8,11,21H,9-10,12H2,1-2H3,(H,20,22). The van der Waals surface area contributed by atoms with Crippen molar-refractivity contribution >= 4 is 15.9 Å². The molecule has 2 aromatic rings. The number of hydrogen-bond acceptors (Lipinski definition) is 3. The SMILES string of the molecule is Cc1ccc(C)c(S(=O)(=O)NCC(=O)NCCc2ccc(F)cc2)c1. The van der Waals surface area contributed by atoms with Crippen LogP contribution in [0, 0.1) is 19.7 Å². The Labute approximate surface area is 147 Å². The van der Waals surface area contributed by atoms with E-state index in [1.807, 2.05) is 6.07 Å². The molecule has 25 heavy (non-hydrogen) atoms. The first-order valence-corrected chi connectivity index (χ1v) is 9.34. The number of carbonyl (C=O) groups excluding carboxylic acids is 1. The number of nitrogens with one attached hydrogen (secondary N) is 2. The van der Waals surface area contributed by atoms with Gasteiger partial charge in [0, 0.05) is 6.54 Å². The fourth-order valence-electron chi connectivity index (χ4n) is 2.29. The van der Waals surface area contributed by atoms with Crippen LogP contribution >= 0.6 is 0 Å². The molecule has 0 aliphatic heterocycles. The predicted octanol–water partition coefficient (Wildman–Crippen LogP) is 2.08. The largest absolute Gasteiger partial charge is 0.355 e. The van der Waals surface area contributed by atoms with Crippen LogP contribution in [0.4, 0.5) is 4.39 Å². The molecular formula is C18H21FN2O3S. The van der Waals surface area contributed by atoms with E-state index in [2.05, 4.69) is 10.0 Å². The molecule has 2 rings (SSSR count). The molecule has 0 fully saturated rings. The Bertz CT molecular complexity index is 849. The van der Waals surface area contributed by atoms with Gasteiger partial charge < -0.3 is 5.32 Å². The first-order chi connectivity index (χ1) is 11.8. The average molecular weight is 364 g/mol. The third kappa shape index (κ3) is 5.65. The fraction of sp³-hybridized carbons (Fsp3) is 0.278. The number of sulfonamides is 1. The van der Waals surface area contributed by atoms with Crippen LogP contribution in [0.3, 0.4) is 0 Å². The molecule has 5 nitrogen and oxygen atoms in total. The van der Waals surface area contributed by atoms with Gasteiger partial charge in [-0.15, -0.1) is 0 Å². The summed E-state index contributed by atoms with van der Waals surface area (Å²) in [4.78, 5) is 12.0. The van der Waals surface area contributed by atoms with E-state index in [4.69, 9.17) is 0 Å². The molecule has 0 heterocycles. The molecule has 2 aromatic carbocycles. The maximum atomic E-state index is 12.8. The Kier molecular flexibility index (Phi) is 6.27. The highest BCUT2D eigenvalue weighted by Gasteiger charge is 2.17. The molecule has 0 unspecified atom stereocenters. The lowest BCUT2D eigenvalue weighted by atomic mass is 10.1. The van der Waals surface area contributed by atoms with Gasteiger partial charge >= 0.3 is 0 Å². The maximum Gasteiger partial charge on any atom is 0.241 e. The van der Waals surface area contributed by atoms with Crippen LogP contribution in [0.1, 0.15) is 16.7 Å². The Morgan fingerprint density at radius 2 is 1.76 bits per heavy atom. The van der Waals surface area contributed by atoms with Crippen LogP contribution in [-0.2, 0) is 21.2 Å². The molecule has 0 aliphatic carbocycles. The number of rotatable bonds is 7. The minimum Gasteiger partial charge on any atom is -0.355 e. The van der Waals surface area contributed by atoms with Crippen molar-refractivity contribution in [2.45, 2.75) is 25.2 Å². The van der Waals surface area contributed by atoms with E-state index in [0.29, 0.717) is 18.5 Å². The zero-order valence-corrected chi connectivity index (χ0v) is 15.0. The number of halogens is 1. The molecule has 134 valence electrons. The highest BCUT2D eigenvalue weighted by molar-refractivity contribution is 7.89. The zero-order chi connectivity index (χ0) is 18.4. The third-order valence-electron chi connectivity index (χ3n) is 3.71. The van der Waals surface area contributed by atoms with E-state index in [-0.39, 0.29) is 17.3 Å². The second kappa shape index (κ2) is 8.22. The highest BCUT2D eigenvalue weighted by Crippen LogP contribution is 2.16. The molecule has 0 aromatic heterocycles. The van der Waals surface area contributed by atoms with E-state index < -0.39 is 15.9 Å². The number of carbonyl (C=O) groups is 1. The molecule has 0 saturated heterocycles. The lowest BCUT2D eigenvalue weighted by Gasteiger charge is -2.10. The van der Waals surface area contributed by atoms with Crippen molar-refractivity contribution in [2.24, 2.45) is 0 Å². The van der Waals surface area contributed by atoms with Crippen LogP contribution in [0.25, 0.3) is 0 Å². The molecular weight excluding hydrogens is 343 g/mol. The highest BCUT2D eigenvalue weighted by atomic mass is 32.2. The quantitative estimate of drug-likeness (QED) is 0.790. The van der Waals surface area contributed by atoms with Gasteiger partial charge in [-0.1, -0.05) is 24.3 Å². The van der Waals surface area contributed by atoms with E-state index in [1.54, 1.807) is 38.1 Å². The summed E-state index contributed by atoms with van der Waals surface area (Å²) in [6.45, 7) is 3.52. The Morgan fingerprint density at radius 1 is 1.08 bits per heavy atom. The van der Waals surface area contributed by atoms with Crippen molar-refractivity contribution < 1.29 is 17.6 Å². The van der Waals surface area contributed by atoms with E-state index in [1.165, 1.54) is 12.1 Å². The monoisotopic (exact) mass is 364 g/mol. The van der Waals surface area contributed by atoms with Crippen LogP contribution < -0.4 is 10.0 Å². The topological polar surface area (TPSA) is 75.3 Å². The molecule has 0 bridgehead atoms. The van der Waals surface area contributed by atoms with Crippen molar-refractivity contribution in [2.75, 3.05) is 13.1 Å². The summed E-state index contributed by atoms with van der Waals surface area (Å²) in [5, 5.41) is 2.64. The van der Waals surface area contributed by atoms with Crippen LogP contribution in [-0.4, -0.2) is 27.4 Å². The Morgan fingerprint density at radius 3 is 2.44 bits per heavy atom. The van der Waals surface area contributed by atoms with Gasteiger partial charge in [0.15, 0.2) is 0 Å². The second-order valence-corrected chi connectivity index (χ2v) is 7.56. The summed E-state index contributed by atoms with van der Waals surface area (Å²) in [6.07, 6.45) is 0.537. The van der Waals surface area contributed by atoms with E-state index in [9.17, 15) is 17.6 Å². The Balaban J connectivity index is 1.84. The van der Waals surface area contributed by atoms with Crippen LogP contribution in [0.5, 0.6) is 0 Å². The number of aryl methyl sites for hydroxylation is 2. The number of amides is 1. The van der Waals surface area contributed by atoms with E-state index >= 15 is 0 Å². The lowest BCUT2D eigenvalue weighted by molar-refractivity contribution is -0.119. The molecule has 2 N–H and O–H groups in total. The van der Waals surface area contributed by atoms with Gasteiger partial charge in [-0.05, 0) is 55.2 Å². The first-order valence-electron chi connectivity index (χ1n) is 7.86. The zero-order valence-electron chi connectivity index (χ0n) is 14.2. The van der Waals surface area contributed by atoms with Gasteiger partial charge in [-0.2, -0.15) is 0 Å². The average Bonchev–Trinajstić information content (AvgIpc) is 2.57. The second-order valence-electron chi connectivity index (χ2n) is 5.82. The van der Waals surface area contributed by atoms with Crippen molar-refractivity contribution in [1.29, 1.82) is 0 Å². The van der Waals surface area contributed by atoms with Gasteiger partial charge in [-0.3, -0.25) is 4.79 Å². The maximum absolute atomic E-state index is 12.8. The predicted molar refractivity (Wildman–Crippen MR) is 94.2 cm³/mol. The van der Waals surface area contributed by atoms with Crippen molar-refractivity contribution in [3.05, 3.63) is 65.0 Å². The number of benzene rings is 2. The van der Waals surface area contributed by atoms with Crippen molar-refractivity contribution in [1.82, 2.24) is 10.0 Å². The fourth-order valence-corrected chi connectivity index (χ4v) is 3.60. The first kappa shape index (κ1) is 19.1. The number of hydrogen-bond donors (Lipinski definition) is 2. The molecule has 7 heteroatoms. The smallest absolute Gasteiger partial charge is 0.241 e. The third-order valence-corrected chi connectivity index (χ3v) is 5.25. The molecule has 0 radical (unpaired) electrons. The van der Waals surface area contributed by atoms with Gasteiger partial charge in [0.25, 0.3) is 0 Å². The summed E-state index contributed by atoms with van der Waals surface area (Å²) >= 11 is 0. The minimum atomic E-state index is -3.74. The van der Waals surface area contributed by atoms with Crippen molar-refractivity contribution in [3.8, 4) is 0 Å². The normalized spacial score (nSPS) is 11.3. The molecule has 0 aliphatic rings. The molecule has 0 saturated carbocycles. The minimum absolute atomic E-state index is 0.173. The molecule has 0 atom stereocenters. The van der Waals surface area contributed by atoms with Gasteiger partial charge in [0.05, 0.1) is 11.4 Å². The Hall–Kier alpha value is -2.25. The summed E-state index contributed by atoms with van der Waals surface area (Å²) in [5.41, 5.74) is 2.34. The molecule has 0 spiro atoms. The molecule has 1 amide bonds. The van der Waals surface area contributed by atoms with Gasteiger partial charge in [-0.25, -0.2) is 17.5 Å². The van der Waals surface area contributed by atoms with E-state index in [0.717, 1.165) is 11.1 Å². The van der Waals surface area contributed by atoms with Gasteiger partial charge in [0.2, 0.25) is 15.9 Å². The van der Waals surface area contributed by atoms with Crippen molar-refractivity contribution in [3.63, 3.8) is 0 Å². The van der Waals surface area contributed by atoms with Crippen LogP contribution in [0.2, 0.25) is 0 Å².